The van der Waals surface area contributed by atoms with E-state index < -0.39 is 10.1 Å². The normalized spacial score (nSPS) is 11.4. The van der Waals surface area contributed by atoms with Gasteiger partial charge in [0.2, 0.25) is 5.91 Å². The maximum Gasteiger partial charge on any atom is 0.224 e. The SMILES string of the molecule is CCCCCCC(=O)Nc1ccc(CCCS(=O)(=O)[O-])cc1. The topological polar surface area (TPSA) is 86.3 Å². The lowest BCUT2D eigenvalue weighted by Gasteiger charge is -2.08. The van der Waals surface area contributed by atoms with Gasteiger partial charge in [-0.05, 0) is 37.0 Å². The number of carbonyl (C=O) groups excluding carboxylic acids is 1. The zero-order valence-electron chi connectivity index (χ0n) is 13.0. The van der Waals surface area contributed by atoms with Crippen molar-refractivity contribution in [1.29, 1.82) is 0 Å². The van der Waals surface area contributed by atoms with E-state index in [0.29, 0.717) is 19.3 Å². The van der Waals surface area contributed by atoms with Crippen LogP contribution in [0.4, 0.5) is 5.69 Å². The number of aryl methyl sites for hydroxylation is 1. The van der Waals surface area contributed by atoms with Gasteiger partial charge in [0.1, 0.15) is 0 Å². The molecule has 1 aromatic carbocycles. The van der Waals surface area contributed by atoms with Crippen molar-refractivity contribution in [2.75, 3.05) is 11.1 Å². The molecule has 0 aliphatic rings. The van der Waals surface area contributed by atoms with Crippen LogP contribution in [0.5, 0.6) is 0 Å². The first-order valence-electron chi connectivity index (χ1n) is 7.73. The molecule has 1 rings (SSSR count). The molecule has 0 saturated heterocycles. The lowest BCUT2D eigenvalue weighted by atomic mass is 10.1. The number of nitrogens with one attached hydrogen (secondary N) is 1. The second-order valence-electron chi connectivity index (χ2n) is 5.42. The van der Waals surface area contributed by atoms with Crippen LogP contribution in [0.1, 0.15) is 51.0 Å². The Balaban J connectivity index is 2.33. The van der Waals surface area contributed by atoms with Gasteiger partial charge in [-0.1, -0.05) is 38.3 Å². The molecule has 1 amide bonds. The molecule has 6 heteroatoms. The zero-order valence-corrected chi connectivity index (χ0v) is 13.8. The van der Waals surface area contributed by atoms with Gasteiger partial charge in [0.05, 0.1) is 10.1 Å². The number of benzene rings is 1. The van der Waals surface area contributed by atoms with Gasteiger partial charge in [-0.2, -0.15) is 0 Å². The molecular weight excluding hydrogens is 302 g/mol. The Morgan fingerprint density at radius 2 is 1.77 bits per heavy atom. The summed E-state index contributed by atoms with van der Waals surface area (Å²) in [7, 11) is -4.14. The second-order valence-corrected chi connectivity index (χ2v) is 6.94. The van der Waals surface area contributed by atoms with Gasteiger partial charge in [0.25, 0.3) is 0 Å². The van der Waals surface area contributed by atoms with Crippen LogP contribution in [0, 0.1) is 0 Å². The number of rotatable bonds is 10. The first kappa shape index (κ1) is 18.6. The van der Waals surface area contributed by atoms with Gasteiger partial charge in [0.15, 0.2) is 0 Å². The van der Waals surface area contributed by atoms with Gasteiger partial charge in [-0.15, -0.1) is 0 Å². The molecule has 0 heterocycles. The van der Waals surface area contributed by atoms with Gasteiger partial charge in [-0.3, -0.25) is 4.79 Å². The molecular formula is C16H24NO4S-. The Morgan fingerprint density at radius 3 is 2.36 bits per heavy atom. The van der Waals surface area contributed by atoms with Crippen molar-refractivity contribution in [1.82, 2.24) is 0 Å². The molecule has 0 saturated carbocycles. The summed E-state index contributed by atoms with van der Waals surface area (Å²) in [6.07, 6.45) is 5.66. The highest BCUT2D eigenvalue weighted by Crippen LogP contribution is 2.12. The molecule has 5 nitrogen and oxygen atoms in total. The Bertz CT molecular complexity index is 552. The van der Waals surface area contributed by atoms with E-state index in [1.165, 1.54) is 0 Å². The predicted octanol–water partition coefficient (Wildman–Crippen LogP) is 3.07. The molecule has 22 heavy (non-hydrogen) atoms. The monoisotopic (exact) mass is 326 g/mol. The third-order valence-corrected chi connectivity index (χ3v) is 4.14. The minimum atomic E-state index is -4.14. The molecule has 0 aliphatic carbocycles. The van der Waals surface area contributed by atoms with Crippen molar-refractivity contribution >= 4 is 21.7 Å². The van der Waals surface area contributed by atoms with Crippen LogP contribution in [0.25, 0.3) is 0 Å². The summed E-state index contributed by atoms with van der Waals surface area (Å²) >= 11 is 0. The van der Waals surface area contributed by atoms with Crippen LogP contribution in [0.2, 0.25) is 0 Å². The van der Waals surface area contributed by atoms with E-state index in [2.05, 4.69) is 12.2 Å². The van der Waals surface area contributed by atoms with E-state index in [1.54, 1.807) is 12.1 Å². The number of hydrogen-bond donors (Lipinski definition) is 1. The van der Waals surface area contributed by atoms with Crippen LogP contribution in [-0.2, 0) is 21.3 Å². The van der Waals surface area contributed by atoms with Crippen molar-refractivity contribution in [2.24, 2.45) is 0 Å². The van der Waals surface area contributed by atoms with Crippen molar-refractivity contribution in [3.63, 3.8) is 0 Å². The second kappa shape index (κ2) is 9.58. The number of amides is 1. The maximum absolute atomic E-state index is 11.7. The summed E-state index contributed by atoms with van der Waals surface area (Å²) in [6.45, 7) is 2.13. The molecule has 0 fully saturated rings. The van der Waals surface area contributed by atoms with Crippen LogP contribution in [-0.4, -0.2) is 24.6 Å². The number of carbonyl (C=O) groups is 1. The quantitative estimate of drug-likeness (QED) is 0.529. The van der Waals surface area contributed by atoms with E-state index in [4.69, 9.17) is 0 Å². The largest absolute Gasteiger partial charge is 0.748 e. The highest BCUT2D eigenvalue weighted by atomic mass is 32.2. The Kier molecular flexibility index (Phi) is 8.12. The minimum absolute atomic E-state index is 0.0151. The molecule has 1 aromatic rings. The van der Waals surface area contributed by atoms with Gasteiger partial charge >= 0.3 is 0 Å². The van der Waals surface area contributed by atoms with E-state index in [-0.39, 0.29) is 11.7 Å². The van der Waals surface area contributed by atoms with E-state index in [1.807, 2.05) is 12.1 Å². The van der Waals surface area contributed by atoms with Gasteiger partial charge in [0, 0.05) is 17.9 Å². The maximum atomic E-state index is 11.7. The zero-order chi connectivity index (χ0) is 16.4. The van der Waals surface area contributed by atoms with E-state index in [0.717, 1.165) is 36.9 Å². The fourth-order valence-corrected chi connectivity index (χ4v) is 2.64. The first-order chi connectivity index (χ1) is 10.4. The third kappa shape index (κ3) is 8.79. The number of anilines is 1. The molecule has 0 aromatic heterocycles. The standard InChI is InChI=1S/C16H25NO4S/c1-2-3-4-5-8-16(18)17-15-11-9-14(10-12-15)7-6-13-22(19,20)21/h9-12H,2-8,13H2,1H3,(H,17,18)(H,19,20,21)/p-1. The number of unbranched alkanes of at least 4 members (excludes halogenated alkanes) is 3. The van der Waals surface area contributed by atoms with Gasteiger partial charge in [-0.25, -0.2) is 8.42 Å². The summed E-state index contributed by atoms with van der Waals surface area (Å²) < 4.78 is 31.6. The Morgan fingerprint density at radius 1 is 1.09 bits per heavy atom. The molecule has 124 valence electrons. The Labute approximate surface area is 132 Å². The van der Waals surface area contributed by atoms with E-state index >= 15 is 0 Å². The molecule has 1 N–H and O–H groups in total. The van der Waals surface area contributed by atoms with Crippen LogP contribution < -0.4 is 5.32 Å². The minimum Gasteiger partial charge on any atom is -0.748 e. The lowest BCUT2D eigenvalue weighted by molar-refractivity contribution is -0.116. The average Bonchev–Trinajstić information content (AvgIpc) is 2.44. The fraction of sp³-hybridized carbons (Fsp3) is 0.562. The molecule has 0 radical (unpaired) electrons. The summed E-state index contributed by atoms with van der Waals surface area (Å²) in [5.74, 6) is -0.329. The lowest BCUT2D eigenvalue weighted by Crippen LogP contribution is -2.11. The van der Waals surface area contributed by atoms with Crippen molar-refractivity contribution < 1.29 is 17.8 Å². The highest BCUT2D eigenvalue weighted by Gasteiger charge is 2.03. The summed E-state index contributed by atoms with van der Waals surface area (Å²) in [5.41, 5.74) is 1.69. The summed E-state index contributed by atoms with van der Waals surface area (Å²) in [5, 5.41) is 2.84. The molecule has 0 aliphatic heterocycles. The Hall–Kier alpha value is -1.40. The highest BCUT2D eigenvalue weighted by molar-refractivity contribution is 7.85. The first-order valence-corrected chi connectivity index (χ1v) is 9.31. The molecule has 0 bridgehead atoms. The van der Waals surface area contributed by atoms with Crippen molar-refractivity contribution in [3.8, 4) is 0 Å². The smallest absolute Gasteiger partial charge is 0.224 e. The predicted molar refractivity (Wildman–Crippen MR) is 86.7 cm³/mol. The summed E-state index contributed by atoms with van der Waals surface area (Å²) in [4.78, 5) is 11.7. The fourth-order valence-electron chi connectivity index (χ4n) is 2.14. The average molecular weight is 326 g/mol. The van der Waals surface area contributed by atoms with Crippen molar-refractivity contribution in [3.05, 3.63) is 29.8 Å². The van der Waals surface area contributed by atoms with Crippen LogP contribution in [0.3, 0.4) is 0 Å². The van der Waals surface area contributed by atoms with Crippen LogP contribution in [0.15, 0.2) is 24.3 Å². The molecule has 0 atom stereocenters. The summed E-state index contributed by atoms with van der Waals surface area (Å²) in [6, 6.07) is 7.27. The number of hydrogen-bond acceptors (Lipinski definition) is 4. The van der Waals surface area contributed by atoms with Crippen molar-refractivity contribution in [2.45, 2.75) is 51.9 Å². The van der Waals surface area contributed by atoms with Gasteiger partial charge < -0.3 is 9.87 Å². The third-order valence-electron chi connectivity index (χ3n) is 3.35. The van der Waals surface area contributed by atoms with E-state index in [9.17, 15) is 17.8 Å². The molecule has 0 spiro atoms. The molecule has 0 unspecified atom stereocenters. The van der Waals surface area contributed by atoms with Crippen LogP contribution >= 0.6 is 0 Å².